The van der Waals surface area contributed by atoms with Crippen molar-refractivity contribution in [3.05, 3.63) is 29.8 Å². The van der Waals surface area contributed by atoms with Crippen LogP contribution in [-0.2, 0) is 19.6 Å². The van der Waals surface area contributed by atoms with Crippen molar-refractivity contribution in [3.8, 4) is 5.75 Å². The summed E-state index contributed by atoms with van der Waals surface area (Å²) in [6.07, 6.45) is 8.44. The van der Waals surface area contributed by atoms with E-state index in [1.807, 2.05) is 12.1 Å². The van der Waals surface area contributed by atoms with E-state index >= 15 is 0 Å². The van der Waals surface area contributed by atoms with Gasteiger partial charge in [0.25, 0.3) is 0 Å². The lowest BCUT2D eigenvalue weighted by atomic mass is 9.81. The van der Waals surface area contributed by atoms with Crippen LogP contribution in [0.25, 0.3) is 0 Å². The first-order valence-electron chi connectivity index (χ1n) is 8.71. The minimum absolute atomic E-state index is 0.305. The molecule has 0 amide bonds. The summed E-state index contributed by atoms with van der Waals surface area (Å²) in [5.41, 5.74) is 1.25. The Bertz CT molecular complexity index is 515. The van der Waals surface area contributed by atoms with E-state index in [9.17, 15) is 5.11 Å². The first-order chi connectivity index (χ1) is 11.2. The third-order valence-electron chi connectivity index (χ3n) is 5.42. The van der Waals surface area contributed by atoms with Gasteiger partial charge in [-0.05, 0) is 49.3 Å². The molecule has 0 unspecified atom stereocenters. The first-order valence-corrected chi connectivity index (χ1v) is 8.71. The standard InChI is InChI=1S/C18H24O5/c19-16-6-4-14(5-7-16)15-8-12-18(13-9-15)22-20-17(21-23-18)10-2-1-3-11-17/h4-7,15,19H,1-3,8-13H2. The van der Waals surface area contributed by atoms with E-state index in [0.29, 0.717) is 11.7 Å². The minimum atomic E-state index is -0.754. The second-order valence-corrected chi connectivity index (χ2v) is 7.08. The van der Waals surface area contributed by atoms with Crippen molar-refractivity contribution in [3.63, 3.8) is 0 Å². The number of benzene rings is 1. The molecule has 1 saturated heterocycles. The van der Waals surface area contributed by atoms with Gasteiger partial charge in [-0.15, -0.1) is 0 Å². The van der Waals surface area contributed by atoms with Crippen LogP contribution in [0.5, 0.6) is 5.75 Å². The van der Waals surface area contributed by atoms with Crippen molar-refractivity contribution < 1.29 is 24.7 Å². The molecular formula is C18H24O5. The van der Waals surface area contributed by atoms with Crippen molar-refractivity contribution in [2.45, 2.75) is 75.3 Å². The summed E-state index contributed by atoms with van der Waals surface area (Å²) in [5.74, 6) is -0.675. The fourth-order valence-electron chi connectivity index (χ4n) is 3.89. The van der Waals surface area contributed by atoms with Gasteiger partial charge >= 0.3 is 0 Å². The van der Waals surface area contributed by atoms with Crippen LogP contribution >= 0.6 is 0 Å². The van der Waals surface area contributed by atoms with Gasteiger partial charge in [0.1, 0.15) is 5.75 Å². The monoisotopic (exact) mass is 320 g/mol. The number of phenolic OH excluding ortho intramolecular Hbond substituents is 1. The van der Waals surface area contributed by atoms with Crippen LogP contribution in [0.15, 0.2) is 24.3 Å². The molecule has 2 saturated carbocycles. The Morgan fingerprint density at radius 1 is 0.739 bits per heavy atom. The van der Waals surface area contributed by atoms with E-state index in [0.717, 1.165) is 51.4 Å². The van der Waals surface area contributed by atoms with Crippen molar-refractivity contribution in [2.75, 3.05) is 0 Å². The van der Waals surface area contributed by atoms with Crippen molar-refractivity contribution in [1.29, 1.82) is 0 Å². The highest BCUT2D eigenvalue weighted by Crippen LogP contribution is 2.46. The van der Waals surface area contributed by atoms with Gasteiger partial charge in [0, 0.05) is 25.7 Å². The number of rotatable bonds is 1. The third-order valence-corrected chi connectivity index (χ3v) is 5.42. The van der Waals surface area contributed by atoms with E-state index in [4.69, 9.17) is 19.6 Å². The Morgan fingerprint density at radius 2 is 1.26 bits per heavy atom. The molecular weight excluding hydrogens is 296 g/mol. The van der Waals surface area contributed by atoms with Crippen molar-refractivity contribution in [1.82, 2.24) is 0 Å². The van der Waals surface area contributed by atoms with Crippen LogP contribution in [0.2, 0.25) is 0 Å². The molecule has 23 heavy (non-hydrogen) atoms. The zero-order valence-electron chi connectivity index (χ0n) is 13.3. The molecule has 126 valence electrons. The molecule has 1 heterocycles. The molecule has 2 spiro atoms. The fraction of sp³-hybridized carbons (Fsp3) is 0.667. The molecule has 1 aromatic carbocycles. The van der Waals surface area contributed by atoms with Crippen molar-refractivity contribution >= 4 is 0 Å². The van der Waals surface area contributed by atoms with E-state index < -0.39 is 11.6 Å². The third kappa shape index (κ3) is 3.11. The molecule has 5 heteroatoms. The van der Waals surface area contributed by atoms with Crippen LogP contribution in [0, 0.1) is 0 Å². The first kappa shape index (κ1) is 15.4. The molecule has 3 fully saturated rings. The molecule has 0 bridgehead atoms. The van der Waals surface area contributed by atoms with Gasteiger partial charge in [-0.2, -0.15) is 19.6 Å². The molecule has 1 N–H and O–H groups in total. The summed E-state index contributed by atoms with van der Waals surface area (Å²) in [4.78, 5) is 22.8. The van der Waals surface area contributed by atoms with Crippen molar-refractivity contribution in [2.24, 2.45) is 0 Å². The van der Waals surface area contributed by atoms with Gasteiger partial charge in [-0.3, -0.25) is 0 Å². The molecule has 3 aliphatic rings. The molecule has 4 rings (SSSR count). The van der Waals surface area contributed by atoms with Crippen LogP contribution < -0.4 is 0 Å². The smallest absolute Gasteiger partial charge is 0.234 e. The Balaban J connectivity index is 1.35. The van der Waals surface area contributed by atoms with Crippen LogP contribution in [0.1, 0.15) is 69.3 Å². The molecule has 5 nitrogen and oxygen atoms in total. The quantitative estimate of drug-likeness (QED) is 0.781. The van der Waals surface area contributed by atoms with Gasteiger partial charge in [0.15, 0.2) is 0 Å². The van der Waals surface area contributed by atoms with E-state index in [-0.39, 0.29) is 0 Å². The summed E-state index contributed by atoms with van der Waals surface area (Å²) in [5, 5.41) is 9.40. The van der Waals surface area contributed by atoms with E-state index in [1.54, 1.807) is 12.1 Å². The molecule has 0 radical (unpaired) electrons. The van der Waals surface area contributed by atoms with Crippen LogP contribution in [-0.4, -0.2) is 16.7 Å². The van der Waals surface area contributed by atoms with Gasteiger partial charge in [-0.1, -0.05) is 18.6 Å². The fourth-order valence-corrected chi connectivity index (χ4v) is 3.89. The average Bonchev–Trinajstić information content (AvgIpc) is 2.61. The van der Waals surface area contributed by atoms with E-state index in [1.165, 1.54) is 12.0 Å². The average molecular weight is 320 g/mol. The summed E-state index contributed by atoms with van der Waals surface area (Å²) >= 11 is 0. The zero-order chi connectivity index (χ0) is 15.8. The summed E-state index contributed by atoms with van der Waals surface area (Å²) in [6.45, 7) is 0. The second kappa shape index (κ2) is 6.06. The highest BCUT2D eigenvalue weighted by molar-refractivity contribution is 5.28. The minimum Gasteiger partial charge on any atom is -0.508 e. The van der Waals surface area contributed by atoms with Crippen LogP contribution in [0.4, 0.5) is 0 Å². The van der Waals surface area contributed by atoms with Gasteiger partial charge in [0.2, 0.25) is 11.6 Å². The Morgan fingerprint density at radius 3 is 1.83 bits per heavy atom. The number of phenols is 1. The second-order valence-electron chi connectivity index (χ2n) is 7.08. The summed E-state index contributed by atoms with van der Waals surface area (Å²) in [7, 11) is 0. The normalized spacial score (nSPS) is 27.3. The van der Waals surface area contributed by atoms with E-state index in [2.05, 4.69) is 0 Å². The van der Waals surface area contributed by atoms with Gasteiger partial charge < -0.3 is 5.11 Å². The van der Waals surface area contributed by atoms with Crippen LogP contribution in [0.3, 0.4) is 0 Å². The maximum absolute atomic E-state index is 9.40. The number of aromatic hydroxyl groups is 1. The Labute approximate surface area is 136 Å². The van der Waals surface area contributed by atoms with Gasteiger partial charge in [0.05, 0.1) is 0 Å². The largest absolute Gasteiger partial charge is 0.508 e. The highest BCUT2D eigenvalue weighted by Gasteiger charge is 2.50. The summed E-state index contributed by atoms with van der Waals surface area (Å²) < 4.78 is 0. The number of hydrogen-bond donors (Lipinski definition) is 1. The lowest BCUT2D eigenvalue weighted by Crippen LogP contribution is -2.52. The molecule has 0 aromatic heterocycles. The lowest BCUT2D eigenvalue weighted by molar-refractivity contribution is -0.662. The zero-order valence-corrected chi connectivity index (χ0v) is 13.3. The molecule has 1 aliphatic heterocycles. The molecule has 0 atom stereocenters. The predicted octanol–water partition coefficient (Wildman–Crippen LogP) is 4.32. The lowest BCUT2D eigenvalue weighted by Gasteiger charge is -2.46. The summed E-state index contributed by atoms with van der Waals surface area (Å²) in [6, 6.07) is 7.47. The highest BCUT2D eigenvalue weighted by atomic mass is 17.4. The Hall–Kier alpha value is -1.14. The molecule has 1 aromatic rings. The number of hydrogen-bond acceptors (Lipinski definition) is 5. The maximum Gasteiger partial charge on any atom is 0.234 e. The predicted molar refractivity (Wildman–Crippen MR) is 82.2 cm³/mol. The SMILES string of the molecule is Oc1ccc(C2CCC3(CC2)OOC2(CCCCC2)OO3)cc1. The van der Waals surface area contributed by atoms with Gasteiger partial charge in [-0.25, -0.2) is 0 Å². The Kier molecular flexibility index (Phi) is 4.05. The maximum atomic E-state index is 9.40. The topological polar surface area (TPSA) is 57.2 Å². The molecule has 2 aliphatic carbocycles.